The Hall–Kier alpha value is -1.03. The van der Waals surface area contributed by atoms with Gasteiger partial charge in [0.2, 0.25) is 5.88 Å². The molecule has 0 aliphatic heterocycles. The first-order valence-electron chi connectivity index (χ1n) is 3.36. The summed E-state index contributed by atoms with van der Waals surface area (Å²) in [6.45, 7) is 0. The lowest BCUT2D eigenvalue weighted by molar-refractivity contribution is 0.421. The van der Waals surface area contributed by atoms with Gasteiger partial charge < -0.3 is 4.52 Å². The van der Waals surface area contributed by atoms with Crippen molar-refractivity contribution in [2.45, 2.75) is 19.3 Å². The third-order valence-corrected chi connectivity index (χ3v) is 1.84. The molecule has 1 heterocycles. The van der Waals surface area contributed by atoms with Crippen LogP contribution in [0.1, 0.15) is 17.7 Å². The number of fused-ring (bicyclic) bond motifs is 1. The largest absolute Gasteiger partial charge is 0.337 e. The predicted molar refractivity (Wildman–Crippen MR) is 36.3 cm³/mol. The van der Waals surface area contributed by atoms with Crippen molar-refractivity contribution < 1.29 is 4.52 Å². The van der Waals surface area contributed by atoms with E-state index >= 15 is 0 Å². The van der Waals surface area contributed by atoms with Crippen molar-refractivity contribution in [1.29, 1.82) is 0 Å². The molecule has 54 valence electrons. The van der Waals surface area contributed by atoms with Gasteiger partial charge in [-0.1, -0.05) is 5.16 Å². The quantitative estimate of drug-likeness (QED) is 0.438. The highest BCUT2D eigenvalue weighted by Gasteiger charge is 2.19. The zero-order valence-electron chi connectivity index (χ0n) is 5.55. The summed E-state index contributed by atoms with van der Waals surface area (Å²) in [4.78, 5) is 0. The van der Waals surface area contributed by atoms with Gasteiger partial charge in [-0.2, -0.15) is 0 Å². The highest BCUT2D eigenvalue weighted by Crippen LogP contribution is 2.27. The SMILES string of the molecule is NNc1onc2c1CCC2. The molecular formula is C6H9N3O. The van der Waals surface area contributed by atoms with Crippen molar-refractivity contribution in [2.24, 2.45) is 5.84 Å². The Morgan fingerprint density at radius 2 is 2.40 bits per heavy atom. The van der Waals surface area contributed by atoms with Gasteiger partial charge in [0.15, 0.2) is 0 Å². The number of aryl methyl sites for hydroxylation is 1. The summed E-state index contributed by atoms with van der Waals surface area (Å²) in [6.07, 6.45) is 3.24. The van der Waals surface area contributed by atoms with Gasteiger partial charge in [-0.15, -0.1) is 0 Å². The van der Waals surface area contributed by atoms with E-state index in [1.807, 2.05) is 0 Å². The molecule has 0 amide bonds. The van der Waals surface area contributed by atoms with E-state index in [4.69, 9.17) is 10.4 Å². The smallest absolute Gasteiger partial charge is 0.242 e. The molecule has 4 nitrogen and oxygen atoms in total. The molecule has 3 N–H and O–H groups in total. The summed E-state index contributed by atoms with van der Waals surface area (Å²) in [6, 6.07) is 0. The van der Waals surface area contributed by atoms with Crippen molar-refractivity contribution in [3.05, 3.63) is 11.3 Å². The van der Waals surface area contributed by atoms with E-state index in [1.54, 1.807) is 0 Å². The van der Waals surface area contributed by atoms with Crippen LogP contribution in [0.5, 0.6) is 0 Å². The number of aromatic nitrogens is 1. The fraction of sp³-hybridized carbons (Fsp3) is 0.500. The van der Waals surface area contributed by atoms with E-state index in [2.05, 4.69) is 10.6 Å². The fourth-order valence-electron chi connectivity index (χ4n) is 1.34. The van der Waals surface area contributed by atoms with Crippen molar-refractivity contribution in [2.75, 3.05) is 5.43 Å². The lowest BCUT2D eigenvalue weighted by atomic mass is 10.3. The van der Waals surface area contributed by atoms with Crippen LogP contribution in [0, 0.1) is 0 Å². The number of nitrogen functional groups attached to an aromatic ring is 1. The molecule has 0 saturated carbocycles. The van der Waals surface area contributed by atoms with Crippen molar-refractivity contribution in [3.63, 3.8) is 0 Å². The predicted octanol–water partition coefficient (Wildman–Crippen LogP) is 0.449. The Bertz CT molecular complexity index is 243. The molecule has 0 spiro atoms. The van der Waals surface area contributed by atoms with E-state index in [0.29, 0.717) is 5.88 Å². The first-order valence-corrected chi connectivity index (χ1v) is 3.36. The van der Waals surface area contributed by atoms with E-state index in [1.165, 1.54) is 6.42 Å². The van der Waals surface area contributed by atoms with Crippen molar-refractivity contribution >= 4 is 5.88 Å². The van der Waals surface area contributed by atoms with Gasteiger partial charge in [0, 0.05) is 5.56 Å². The van der Waals surface area contributed by atoms with E-state index in [-0.39, 0.29) is 0 Å². The minimum absolute atomic E-state index is 0.632. The molecule has 0 atom stereocenters. The Morgan fingerprint density at radius 1 is 1.50 bits per heavy atom. The molecule has 10 heavy (non-hydrogen) atoms. The number of nitrogens with two attached hydrogens (primary N) is 1. The standard InChI is InChI=1S/C6H9N3O/c7-8-6-4-2-1-3-5(4)9-10-6/h8H,1-3,7H2. The van der Waals surface area contributed by atoms with E-state index in [9.17, 15) is 0 Å². The summed E-state index contributed by atoms with van der Waals surface area (Å²) in [7, 11) is 0. The van der Waals surface area contributed by atoms with Gasteiger partial charge in [-0.3, -0.25) is 5.43 Å². The van der Waals surface area contributed by atoms with Crippen LogP contribution < -0.4 is 11.3 Å². The average molecular weight is 139 g/mol. The second kappa shape index (κ2) is 1.98. The molecule has 1 aromatic rings. The minimum atomic E-state index is 0.632. The Labute approximate surface area is 58.3 Å². The van der Waals surface area contributed by atoms with Crippen LogP contribution >= 0.6 is 0 Å². The monoisotopic (exact) mass is 139 g/mol. The maximum Gasteiger partial charge on any atom is 0.242 e. The molecular weight excluding hydrogens is 130 g/mol. The molecule has 0 fully saturated rings. The molecule has 0 aromatic carbocycles. The normalized spacial score (nSPS) is 15.3. The second-order valence-electron chi connectivity index (χ2n) is 2.43. The molecule has 1 aliphatic carbocycles. The molecule has 2 rings (SSSR count). The minimum Gasteiger partial charge on any atom is -0.337 e. The van der Waals surface area contributed by atoms with Gasteiger partial charge >= 0.3 is 0 Å². The summed E-state index contributed by atoms with van der Waals surface area (Å²) < 4.78 is 4.90. The van der Waals surface area contributed by atoms with E-state index in [0.717, 1.165) is 24.1 Å². The Morgan fingerprint density at radius 3 is 3.20 bits per heavy atom. The van der Waals surface area contributed by atoms with Gasteiger partial charge in [0.25, 0.3) is 0 Å². The van der Waals surface area contributed by atoms with Crippen molar-refractivity contribution in [1.82, 2.24) is 5.16 Å². The summed E-state index contributed by atoms with van der Waals surface area (Å²) in [5, 5.41) is 3.85. The Balaban J connectivity index is 2.44. The lowest BCUT2D eigenvalue weighted by Gasteiger charge is -1.92. The van der Waals surface area contributed by atoms with E-state index < -0.39 is 0 Å². The first-order chi connectivity index (χ1) is 4.92. The molecule has 1 aromatic heterocycles. The molecule has 0 bridgehead atoms. The third-order valence-electron chi connectivity index (χ3n) is 1.84. The van der Waals surface area contributed by atoms with Gasteiger partial charge in [-0.05, 0) is 19.3 Å². The zero-order chi connectivity index (χ0) is 6.97. The lowest BCUT2D eigenvalue weighted by Crippen LogP contribution is -2.07. The van der Waals surface area contributed by atoms with Gasteiger partial charge in [0.1, 0.15) is 0 Å². The van der Waals surface area contributed by atoms with Crippen LogP contribution in [0.15, 0.2) is 4.52 Å². The van der Waals surface area contributed by atoms with Crippen LogP contribution in [-0.2, 0) is 12.8 Å². The molecule has 0 unspecified atom stereocenters. The number of nitrogens with one attached hydrogen (secondary N) is 1. The number of hydrazine groups is 1. The average Bonchev–Trinajstić information content (AvgIpc) is 2.44. The molecule has 0 saturated heterocycles. The Kier molecular flexibility index (Phi) is 1.14. The summed E-state index contributed by atoms with van der Waals surface area (Å²) in [5.41, 5.74) is 4.70. The van der Waals surface area contributed by atoms with Gasteiger partial charge in [-0.25, -0.2) is 5.84 Å². The summed E-state index contributed by atoms with van der Waals surface area (Å²) in [5.74, 6) is 5.82. The van der Waals surface area contributed by atoms with Crippen LogP contribution in [0.3, 0.4) is 0 Å². The third kappa shape index (κ3) is 0.623. The van der Waals surface area contributed by atoms with Crippen LogP contribution in [-0.4, -0.2) is 5.16 Å². The highest BCUT2D eigenvalue weighted by molar-refractivity contribution is 5.44. The van der Waals surface area contributed by atoms with Crippen LogP contribution in [0.2, 0.25) is 0 Å². The fourth-order valence-corrected chi connectivity index (χ4v) is 1.34. The zero-order valence-corrected chi connectivity index (χ0v) is 5.55. The number of anilines is 1. The molecule has 0 radical (unpaired) electrons. The molecule has 4 heteroatoms. The first kappa shape index (κ1) is 5.73. The number of hydrogen-bond acceptors (Lipinski definition) is 4. The maximum absolute atomic E-state index is 5.18. The topological polar surface area (TPSA) is 64.1 Å². The summed E-state index contributed by atoms with van der Waals surface area (Å²) >= 11 is 0. The van der Waals surface area contributed by atoms with Crippen LogP contribution in [0.4, 0.5) is 5.88 Å². The maximum atomic E-state index is 5.18. The second-order valence-corrected chi connectivity index (χ2v) is 2.43. The number of hydrogen-bond donors (Lipinski definition) is 2. The number of rotatable bonds is 1. The van der Waals surface area contributed by atoms with Gasteiger partial charge in [0.05, 0.1) is 5.69 Å². The van der Waals surface area contributed by atoms with Crippen LogP contribution in [0.25, 0.3) is 0 Å². The number of nitrogens with zero attached hydrogens (tertiary/aromatic N) is 1. The van der Waals surface area contributed by atoms with Crippen molar-refractivity contribution in [3.8, 4) is 0 Å². The highest BCUT2D eigenvalue weighted by atomic mass is 16.5. The molecule has 1 aliphatic rings.